The monoisotopic (exact) mass is 887 g/mol. The van der Waals surface area contributed by atoms with Crippen LogP contribution in [0.15, 0.2) is 54.1 Å². The van der Waals surface area contributed by atoms with E-state index in [9.17, 15) is 34.0 Å². The Morgan fingerprint density at radius 2 is 1.68 bits per heavy atom. The van der Waals surface area contributed by atoms with Crippen molar-refractivity contribution in [1.82, 2.24) is 39.0 Å². The van der Waals surface area contributed by atoms with Crippen LogP contribution in [0.25, 0.3) is 27.2 Å². The van der Waals surface area contributed by atoms with Gasteiger partial charge in [-0.25, -0.2) is 44.6 Å². The molecule has 2 saturated heterocycles. The maximum atomic E-state index is 16.5. The molecule has 2 fully saturated rings. The summed E-state index contributed by atoms with van der Waals surface area (Å²) in [5, 5.41) is 24.7. The van der Waals surface area contributed by atoms with E-state index in [0.717, 1.165) is 28.1 Å². The molecule has 2 aliphatic heterocycles. The van der Waals surface area contributed by atoms with Crippen LogP contribution in [0, 0.1) is 12.5 Å². The van der Waals surface area contributed by atoms with Crippen LogP contribution < -0.4 is 16.2 Å². The number of H-pyrrole nitrogens is 1. The van der Waals surface area contributed by atoms with Gasteiger partial charge in [-0.2, -0.15) is 4.98 Å². The Morgan fingerprint density at radius 3 is 2.37 bits per heavy atom. The highest BCUT2D eigenvalue weighted by molar-refractivity contribution is 7.48. The zero-order chi connectivity index (χ0) is 44.3. The predicted molar refractivity (Wildman–Crippen MR) is 205 cm³/mol. The van der Waals surface area contributed by atoms with E-state index in [-0.39, 0.29) is 40.6 Å². The number of phosphoric ester groups is 1. The smallest absolute Gasteiger partial charge is 0.450 e. The van der Waals surface area contributed by atoms with E-state index in [2.05, 4.69) is 45.4 Å². The average Bonchev–Trinajstić information content (AvgIpc) is 4.02. The summed E-state index contributed by atoms with van der Waals surface area (Å²) in [6.45, 7) is 7.39. The van der Waals surface area contributed by atoms with Crippen LogP contribution >= 0.6 is 7.82 Å². The summed E-state index contributed by atoms with van der Waals surface area (Å²) in [7, 11) is -5.06. The summed E-state index contributed by atoms with van der Waals surface area (Å²) in [5.41, 5.74) is -1.04. The van der Waals surface area contributed by atoms with Crippen molar-refractivity contribution in [2.24, 2.45) is 5.92 Å². The maximum absolute atomic E-state index is 16.5. The lowest BCUT2D eigenvalue weighted by Crippen LogP contribution is -2.35. The molecule has 6 heterocycles. The molecule has 0 radical (unpaired) electrons. The molecule has 1 unspecified atom stereocenters. The Bertz CT molecular complexity index is 2610. The maximum Gasteiger partial charge on any atom is 0.506 e. The Balaban J connectivity index is 1.11. The van der Waals surface area contributed by atoms with Crippen molar-refractivity contribution in [3.63, 3.8) is 0 Å². The number of benzene rings is 1. The molecule has 2 amide bonds. The van der Waals surface area contributed by atoms with Gasteiger partial charge in [-0.3, -0.25) is 47.4 Å². The first-order valence-corrected chi connectivity index (χ1v) is 20.0. The lowest BCUT2D eigenvalue weighted by molar-refractivity contribution is -0.118. The third-order valence-electron chi connectivity index (χ3n) is 9.42. The molecule has 24 nitrogen and oxygen atoms in total. The molecule has 5 N–H and O–H groups in total. The van der Waals surface area contributed by atoms with Gasteiger partial charge >= 0.3 is 14.0 Å². The molecule has 27 heteroatoms. The van der Waals surface area contributed by atoms with Gasteiger partial charge in [-0.15, -0.1) is 0 Å². The number of hydrogen-bond acceptors (Lipinski definition) is 17. The number of carboxylic acid groups (broad SMARTS) is 1. The Morgan fingerprint density at radius 1 is 0.968 bits per heavy atom. The van der Waals surface area contributed by atoms with E-state index in [1.54, 1.807) is 44.2 Å². The summed E-state index contributed by atoms with van der Waals surface area (Å²) >= 11 is 0. The van der Waals surface area contributed by atoms with Gasteiger partial charge in [0.2, 0.25) is 18.4 Å². The van der Waals surface area contributed by atoms with Crippen molar-refractivity contribution in [2.75, 3.05) is 37.0 Å². The van der Waals surface area contributed by atoms with E-state index in [4.69, 9.17) is 34.4 Å². The molecule has 7 rings (SSSR count). The van der Waals surface area contributed by atoms with Gasteiger partial charge in [0.25, 0.3) is 11.5 Å². The molecule has 0 aliphatic carbocycles. The molecule has 62 heavy (non-hydrogen) atoms. The van der Waals surface area contributed by atoms with E-state index >= 15 is 8.78 Å². The van der Waals surface area contributed by atoms with Gasteiger partial charge in [-0.1, -0.05) is 32.0 Å². The van der Waals surface area contributed by atoms with Gasteiger partial charge in [0.15, 0.2) is 59.0 Å². The van der Waals surface area contributed by atoms with Crippen molar-refractivity contribution < 1.29 is 65.7 Å². The summed E-state index contributed by atoms with van der Waals surface area (Å²) in [6.07, 6.45) is -13.9. The number of anilines is 2. The molecule has 0 bridgehead atoms. The number of amides is 2. The Hall–Kier alpha value is -6.33. The summed E-state index contributed by atoms with van der Waals surface area (Å²) in [4.78, 5) is 75.7. The number of nitrogens with one attached hydrogen (secondary N) is 3. The highest BCUT2D eigenvalue weighted by atomic mass is 31.2. The number of carbonyl (C=O) groups excluding carboxylic acids is 2. The third kappa shape index (κ3) is 8.99. The Kier molecular flexibility index (Phi) is 12.9. The van der Waals surface area contributed by atoms with Crippen molar-refractivity contribution in [2.45, 2.75) is 63.1 Å². The molecule has 2 aliphatic rings. The van der Waals surface area contributed by atoms with Crippen LogP contribution in [0.1, 0.15) is 36.7 Å². The van der Waals surface area contributed by atoms with Crippen LogP contribution in [-0.4, -0.2) is 130 Å². The van der Waals surface area contributed by atoms with Crippen molar-refractivity contribution >= 4 is 59.9 Å². The molecular formula is C35H36F2N11O13P. The van der Waals surface area contributed by atoms with Gasteiger partial charge < -0.3 is 34.6 Å². The quantitative estimate of drug-likeness (QED) is 0.0412. The van der Waals surface area contributed by atoms with Crippen LogP contribution in [-0.2, 0) is 37.1 Å². The zero-order valence-corrected chi connectivity index (χ0v) is 33.2. The van der Waals surface area contributed by atoms with Crippen LogP contribution in [0.3, 0.4) is 0 Å². The number of carbonyl (C=O) groups is 3. The number of fused-ring (bicyclic) bond motifs is 2. The highest BCUT2D eigenvalue weighted by Crippen LogP contribution is 2.54. The minimum absolute atomic E-state index is 0.0110. The number of aromatic amines is 1. The van der Waals surface area contributed by atoms with E-state index < -0.39 is 106 Å². The van der Waals surface area contributed by atoms with Crippen molar-refractivity contribution in [3.05, 3.63) is 76.6 Å². The number of rotatable bonds is 16. The first-order chi connectivity index (χ1) is 29.7. The fourth-order valence-corrected chi connectivity index (χ4v) is 7.81. The number of nitrogens with zero attached hydrogens (tertiary/aromatic N) is 8. The topological polar surface area (TPSA) is 300 Å². The number of imidazole rings is 2. The van der Waals surface area contributed by atoms with Gasteiger partial charge in [0.1, 0.15) is 31.2 Å². The van der Waals surface area contributed by atoms with Crippen LogP contribution in [0.5, 0.6) is 0 Å². The predicted octanol–water partition coefficient (Wildman–Crippen LogP) is 2.78. The van der Waals surface area contributed by atoms with E-state index in [1.807, 2.05) is 0 Å². The van der Waals surface area contributed by atoms with Gasteiger partial charge in [0, 0.05) is 11.5 Å². The summed E-state index contributed by atoms with van der Waals surface area (Å²) < 4.78 is 81.6. The molecular weight excluding hydrogens is 851 g/mol. The number of aromatic nitrogens is 8. The lowest BCUT2D eigenvalue weighted by atomic mass is 10.1. The normalized spacial score (nSPS) is 24.5. The number of hydrogen-bond donors (Lipinski definition) is 5. The van der Waals surface area contributed by atoms with Crippen LogP contribution in [0.2, 0.25) is 0 Å². The molecule has 4 aromatic heterocycles. The van der Waals surface area contributed by atoms with Crippen molar-refractivity contribution in [1.29, 1.82) is 0 Å². The fraction of sp³-hybridized carbons (Fsp3) is 0.429. The fourth-order valence-electron chi connectivity index (χ4n) is 6.43. The number of ether oxygens (including phenoxy) is 3. The summed E-state index contributed by atoms with van der Waals surface area (Å²) in [5.74, 6) is -1.86. The minimum atomic E-state index is -5.06. The highest BCUT2D eigenvalue weighted by Gasteiger charge is 2.53. The van der Waals surface area contributed by atoms with E-state index in [1.165, 1.54) is 0 Å². The largest absolute Gasteiger partial charge is 0.506 e. The standard InChI is InChI=1S/C35H36F2N11O13P/c1-16(2)29(50)45-34-44-28-23(31(52)46-34)42-15-48(28)33-25(60-35(53)54)20(36)19(59-33)12-57-62(55,56-10-9-38-3)61-24-18(11-49)58-32(21(24)37)47-14-41-22-26(39-13-40-27(22)47)43-30(51)17-7-5-4-6-8-17/h4-8,13-16,18-21,24-25,32-33,49H,9-12H2,1-2H3,(H,53,54)(H,39,40,43,51)(H2,44,45,46,50,52)/t18-,19-,20-,21+,24-,25-,32-,33-,62?/m1/s1. The van der Waals surface area contributed by atoms with Gasteiger partial charge in [-0.05, 0) is 12.1 Å². The summed E-state index contributed by atoms with van der Waals surface area (Å²) in [6, 6.07) is 8.21. The SMILES string of the molecule is [C-]#[N+]CCOP(=O)(OC[C@H]1O[C@@H](n2cnc3c(=O)[nH]c(NC(=O)C(C)C)nc32)[C@H](OC(=O)O)[C@@H]1F)O[C@H]1[C@H](F)[C@H](n2cnc3c(NC(=O)c4ccccc4)ncnc32)O[C@@H]1CO. The first kappa shape index (κ1) is 43.7. The minimum Gasteiger partial charge on any atom is -0.450 e. The molecule has 0 saturated carbocycles. The van der Waals surface area contributed by atoms with E-state index in [0.29, 0.717) is 5.56 Å². The van der Waals surface area contributed by atoms with Crippen molar-refractivity contribution in [3.8, 4) is 0 Å². The molecule has 0 spiro atoms. The number of phosphoric acid groups is 1. The number of aliphatic hydroxyl groups excluding tert-OH is 1. The molecule has 5 aromatic rings. The van der Waals surface area contributed by atoms with Gasteiger partial charge in [0.05, 0.1) is 25.9 Å². The second kappa shape index (κ2) is 18.3. The number of aliphatic hydroxyl groups is 1. The molecule has 1 aromatic carbocycles. The third-order valence-corrected chi connectivity index (χ3v) is 10.9. The number of halogens is 2. The zero-order valence-electron chi connectivity index (χ0n) is 32.3. The number of alkyl halides is 2. The first-order valence-electron chi connectivity index (χ1n) is 18.5. The average molecular weight is 888 g/mol. The Labute approximate surface area is 346 Å². The molecule has 328 valence electrons. The van der Waals surface area contributed by atoms with Crippen LogP contribution in [0.4, 0.5) is 25.3 Å². The second-order valence-electron chi connectivity index (χ2n) is 13.8. The second-order valence-corrected chi connectivity index (χ2v) is 15.4. The lowest BCUT2D eigenvalue weighted by Gasteiger charge is -2.25. The molecule has 9 atom stereocenters.